The van der Waals surface area contributed by atoms with Gasteiger partial charge >= 0.3 is 185 Å². The Kier molecular flexibility index (Phi) is 7.16. The Balaban J connectivity index is 1.98. The van der Waals surface area contributed by atoms with Crippen LogP contribution in [0.15, 0.2) is 91.0 Å². The summed E-state index contributed by atoms with van der Waals surface area (Å²) < 4.78 is 4.93. The molecule has 0 unspecified atom stereocenters. The van der Waals surface area contributed by atoms with Gasteiger partial charge in [-0.1, -0.05) is 0 Å². The number of rotatable bonds is 3. The van der Waals surface area contributed by atoms with Crippen LogP contribution >= 0.6 is 0 Å². The second-order valence-electron chi connectivity index (χ2n) is 9.14. The van der Waals surface area contributed by atoms with Crippen LogP contribution in [-0.2, 0) is 0 Å². The van der Waals surface area contributed by atoms with Gasteiger partial charge in [0, 0.05) is 0 Å². The monoisotopic (exact) mass is 460 g/mol. The molecule has 0 atom stereocenters. The number of benzene rings is 3. The summed E-state index contributed by atoms with van der Waals surface area (Å²) in [7, 11) is 0. The molecule has 1 saturated heterocycles. The van der Waals surface area contributed by atoms with E-state index in [1.807, 2.05) is 0 Å². The van der Waals surface area contributed by atoms with E-state index in [4.69, 9.17) is 0 Å². The van der Waals surface area contributed by atoms with Crippen molar-refractivity contribution in [1.29, 1.82) is 0 Å². The fourth-order valence-electron chi connectivity index (χ4n) is 5.86. The van der Waals surface area contributed by atoms with Gasteiger partial charge in [-0.25, -0.2) is 0 Å². The molecule has 0 N–H and O–H groups in total. The summed E-state index contributed by atoms with van der Waals surface area (Å²) in [5, 5.41) is 2.72. The molecule has 0 aromatic heterocycles. The van der Waals surface area contributed by atoms with Gasteiger partial charge < -0.3 is 0 Å². The SMILES string of the molecule is c1ccc([As]2(c3ccccc3)(c3ccccc3)CCCCCCCCCCC2)cc1. The third-order valence-corrected chi connectivity index (χ3v) is 22.6. The third-order valence-electron chi connectivity index (χ3n) is 7.44. The minimum absolute atomic E-state index is 1.35. The van der Waals surface area contributed by atoms with Gasteiger partial charge in [0.05, 0.1) is 0 Å². The Morgan fingerprint density at radius 1 is 0.333 bits per heavy atom. The molecule has 0 amide bonds. The van der Waals surface area contributed by atoms with Crippen molar-refractivity contribution in [3.8, 4) is 0 Å². The first-order valence-electron chi connectivity index (χ1n) is 12.0. The molecule has 1 heterocycles. The Bertz CT molecular complexity index is 770. The zero-order valence-corrected chi connectivity index (χ0v) is 20.3. The van der Waals surface area contributed by atoms with Crippen molar-refractivity contribution in [3.05, 3.63) is 91.0 Å². The Morgan fingerprint density at radius 3 is 0.900 bits per heavy atom. The molecule has 4 rings (SSSR count). The summed E-state index contributed by atoms with van der Waals surface area (Å²) >= 11 is -3.32. The second kappa shape index (κ2) is 10.0. The molecule has 1 heteroatoms. The zero-order valence-electron chi connectivity index (χ0n) is 18.4. The molecule has 0 spiro atoms. The molecule has 0 nitrogen and oxygen atoms in total. The zero-order chi connectivity index (χ0) is 20.6. The van der Waals surface area contributed by atoms with Crippen LogP contribution in [0.3, 0.4) is 0 Å². The molecule has 3 aromatic carbocycles. The Hall–Kier alpha value is -1.78. The Labute approximate surface area is 184 Å². The van der Waals surface area contributed by atoms with Crippen molar-refractivity contribution in [3.63, 3.8) is 0 Å². The van der Waals surface area contributed by atoms with Crippen molar-refractivity contribution >= 4 is 25.5 Å². The van der Waals surface area contributed by atoms with Gasteiger partial charge in [-0.2, -0.15) is 0 Å². The van der Waals surface area contributed by atoms with E-state index in [0.717, 1.165) is 0 Å². The van der Waals surface area contributed by atoms with Crippen LogP contribution in [0.2, 0.25) is 10.4 Å². The first-order chi connectivity index (χ1) is 14.9. The van der Waals surface area contributed by atoms with Gasteiger partial charge in [-0.3, -0.25) is 0 Å². The molecule has 3 aromatic rings. The van der Waals surface area contributed by atoms with E-state index in [-0.39, 0.29) is 0 Å². The summed E-state index contributed by atoms with van der Waals surface area (Å²) in [5.41, 5.74) is 0. The predicted octanol–water partition coefficient (Wildman–Crippen LogP) is 6.64. The number of hydrogen-bond acceptors (Lipinski definition) is 0. The molecule has 0 saturated carbocycles. The van der Waals surface area contributed by atoms with Crippen LogP contribution in [0.5, 0.6) is 0 Å². The maximum atomic E-state index is 2.47. The average molecular weight is 461 g/mol. The fraction of sp³-hybridized carbons (Fsp3) is 0.379. The van der Waals surface area contributed by atoms with Crippen molar-refractivity contribution in [1.82, 2.24) is 0 Å². The second-order valence-corrected chi connectivity index (χ2v) is 20.6. The van der Waals surface area contributed by atoms with E-state index in [2.05, 4.69) is 91.0 Å². The van der Waals surface area contributed by atoms with Crippen LogP contribution in [0.25, 0.3) is 0 Å². The molecular formula is C29H37As. The standard InChI is InChI=1S/C29H37As/c1-2-4-6-17-25-30(26-18-7-5-3-1,27-19-11-8-12-20-27,28-21-13-9-14-22-28)29-23-15-10-16-24-29/h8-16,19-24H,1-7,17-18,25-26H2. The van der Waals surface area contributed by atoms with Gasteiger partial charge in [0.15, 0.2) is 0 Å². The van der Waals surface area contributed by atoms with Crippen molar-refractivity contribution < 1.29 is 0 Å². The summed E-state index contributed by atoms with van der Waals surface area (Å²) in [4.78, 5) is 0. The van der Waals surface area contributed by atoms with Crippen LogP contribution < -0.4 is 13.1 Å². The summed E-state index contributed by atoms with van der Waals surface area (Å²) in [6.07, 6.45) is 12.5. The molecular weight excluding hydrogens is 423 g/mol. The van der Waals surface area contributed by atoms with Crippen molar-refractivity contribution in [2.24, 2.45) is 0 Å². The van der Waals surface area contributed by atoms with Gasteiger partial charge in [-0.15, -0.1) is 0 Å². The van der Waals surface area contributed by atoms with Crippen LogP contribution in [0.1, 0.15) is 57.8 Å². The Morgan fingerprint density at radius 2 is 0.600 bits per heavy atom. The van der Waals surface area contributed by atoms with Crippen molar-refractivity contribution in [2.45, 2.75) is 68.2 Å². The van der Waals surface area contributed by atoms with Crippen LogP contribution in [0, 0.1) is 0 Å². The predicted molar refractivity (Wildman–Crippen MR) is 135 cm³/mol. The molecule has 30 heavy (non-hydrogen) atoms. The molecule has 1 aliphatic heterocycles. The van der Waals surface area contributed by atoms with E-state index in [9.17, 15) is 0 Å². The number of hydrogen-bond donors (Lipinski definition) is 0. The first kappa shape index (κ1) is 21.5. The van der Waals surface area contributed by atoms with Crippen molar-refractivity contribution in [2.75, 3.05) is 0 Å². The molecule has 0 radical (unpaired) electrons. The van der Waals surface area contributed by atoms with Gasteiger partial charge in [0.1, 0.15) is 0 Å². The van der Waals surface area contributed by atoms with E-state index < -0.39 is 12.5 Å². The van der Waals surface area contributed by atoms with Crippen LogP contribution in [0.4, 0.5) is 0 Å². The van der Waals surface area contributed by atoms with Gasteiger partial charge in [0.2, 0.25) is 0 Å². The summed E-state index contributed by atoms with van der Waals surface area (Å²) in [6, 6.07) is 35.1. The van der Waals surface area contributed by atoms with E-state index >= 15 is 0 Å². The fourth-order valence-corrected chi connectivity index (χ4v) is 20.9. The summed E-state index contributed by atoms with van der Waals surface area (Å²) in [6.45, 7) is 0. The molecule has 158 valence electrons. The summed E-state index contributed by atoms with van der Waals surface area (Å²) in [5.74, 6) is 0. The van der Waals surface area contributed by atoms with E-state index in [1.165, 1.54) is 68.2 Å². The molecule has 0 aliphatic carbocycles. The maximum absolute atomic E-state index is 3.32. The van der Waals surface area contributed by atoms with E-state index in [1.54, 1.807) is 13.1 Å². The quantitative estimate of drug-likeness (QED) is 0.385. The van der Waals surface area contributed by atoms with Crippen LogP contribution in [-0.4, -0.2) is 12.5 Å². The molecule has 1 aliphatic rings. The van der Waals surface area contributed by atoms with E-state index in [0.29, 0.717) is 0 Å². The average Bonchev–Trinajstić information content (AvgIpc) is 2.82. The first-order valence-corrected chi connectivity index (χ1v) is 17.5. The minimum atomic E-state index is -3.32. The molecule has 1 fully saturated rings. The molecule has 0 bridgehead atoms. The third kappa shape index (κ3) is 4.04. The normalized spacial score (nSPS) is 21.3. The topological polar surface area (TPSA) is 0 Å². The van der Waals surface area contributed by atoms with Gasteiger partial charge in [0.25, 0.3) is 0 Å². The van der Waals surface area contributed by atoms with Gasteiger partial charge in [-0.05, 0) is 0 Å².